The average Bonchev–Trinajstić information content (AvgIpc) is 2.25. The largest absolute Gasteiger partial charge is 0.416 e. The molecule has 2 amide bonds. The van der Waals surface area contributed by atoms with E-state index in [1.807, 2.05) is 0 Å². The average molecular weight is 273 g/mol. The van der Waals surface area contributed by atoms with Crippen molar-refractivity contribution in [3.63, 3.8) is 0 Å². The topological polar surface area (TPSA) is 58.4 Å². The van der Waals surface area contributed by atoms with Gasteiger partial charge in [-0.25, -0.2) is 4.79 Å². The number of nitrogens with zero attached hydrogens (tertiary/aromatic N) is 1. The van der Waals surface area contributed by atoms with E-state index < -0.39 is 23.3 Å². The molecule has 1 aliphatic rings. The molecular formula is C12H14F3N3O. The standard InChI is InChI=1S/C12H14F3N3O/c1-11(16)6-18(7-11)10(19)17-9-4-2-3-8(5-9)12(13,14)15/h2-5H,6-7,16H2,1H3,(H,17,19). The summed E-state index contributed by atoms with van der Waals surface area (Å²) in [6.07, 6.45) is -4.42. The minimum absolute atomic E-state index is 0.116. The number of alkyl halides is 3. The molecule has 1 saturated heterocycles. The number of hydrogen-bond acceptors (Lipinski definition) is 2. The summed E-state index contributed by atoms with van der Waals surface area (Å²) in [6.45, 7) is 2.58. The van der Waals surface area contributed by atoms with Crippen molar-refractivity contribution < 1.29 is 18.0 Å². The summed E-state index contributed by atoms with van der Waals surface area (Å²) >= 11 is 0. The van der Waals surface area contributed by atoms with Crippen molar-refractivity contribution in [1.82, 2.24) is 4.90 Å². The number of nitrogens with two attached hydrogens (primary N) is 1. The number of nitrogens with one attached hydrogen (secondary N) is 1. The van der Waals surface area contributed by atoms with E-state index >= 15 is 0 Å². The number of anilines is 1. The maximum absolute atomic E-state index is 12.5. The first-order valence-corrected chi connectivity index (χ1v) is 5.69. The molecule has 7 heteroatoms. The Hall–Kier alpha value is -1.76. The number of amides is 2. The van der Waals surface area contributed by atoms with Crippen LogP contribution in [0.5, 0.6) is 0 Å². The van der Waals surface area contributed by atoms with E-state index in [-0.39, 0.29) is 5.69 Å². The summed E-state index contributed by atoms with van der Waals surface area (Å²) in [5, 5.41) is 2.43. The number of hydrogen-bond donors (Lipinski definition) is 2. The zero-order valence-electron chi connectivity index (χ0n) is 10.3. The van der Waals surface area contributed by atoms with Gasteiger partial charge in [0.2, 0.25) is 0 Å². The van der Waals surface area contributed by atoms with Gasteiger partial charge in [-0.2, -0.15) is 13.2 Å². The van der Waals surface area contributed by atoms with Crippen molar-refractivity contribution in [3.8, 4) is 0 Å². The number of rotatable bonds is 1. The molecule has 1 aromatic rings. The number of urea groups is 1. The van der Waals surface area contributed by atoms with Gasteiger partial charge >= 0.3 is 12.2 Å². The molecule has 4 nitrogen and oxygen atoms in total. The second-order valence-corrected chi connectivity index (χ2v) is 5.02. The molecule has 0 atom stereocenters. The lowest BCUT2D eigenvalue weighted by Gasteiger charge is -2.45. The molecule has 1 aromatic carbocycles. The molecule has 0 radical (unpaired) electrons. The van der Waals surface area contributed by atoms with Gasteiger partial charge in [-0.3, -0.25) is 0 Å². The lowest BCUT2D eigenvalue weighted by Crippen LogP contribution is -2.67. The summed E-state index contributed by atoms with van der Waals surface area (Å²) in [6, 6.07) is 4.08. The Labute approximate surface area is 108 Å². The van der Waals surface area contributed by atoms with Crippen LogP contribution in [0.3, 0.4) is 0 Å². The molecule has 1 aliphatic heterocycles. The third-order valence-electron chi connectivity index (χ3n) is 2.83. The maximum Gasteiger partial charge on any atom is 0.416 e. The van der Waals surface area contributed by atoms with E-state index in [0.29, 0.717) is 13.1 Å². The first kappa shape index (κ1) is 13.7. The quantitative estimate of drug-likeness (QED) is 0.824. The van der Waals surface area contributed by atoms with E-state index in [9.17, 15) is 18.0 Å². The van der Waals surface area contributed by atoms with Crippen molar-refractivity contribution in [2.45, 2.75) is 18.6 Å². The molecule has 0 aromatic heterocycles. The minimum Gasteiger partial charge on any atom is -0.322 e. The molecule has 0 spiro atoms. The van der Waals surface area contributed by atoms with Crippen LogP contribution >= 0.6 is 0 Å². The van der Waals surface area contributed by atoms with E-state index in [1.54, 1.807) is 6.92 Å². The highest BCUT2D eigenvalue weighted by Gasteiger charge is 2.38. The Kier molecular flexibility index (Phi) is 3.17. The zero-order chi connectivity index (χ0) is 14.3. The number of carbonyl (C=O) groups excluding carboxylic acids is 1. The van der Waals surface area contributed by atoms with Gasteiger partial charge in [0, 0.05) is 24.3 Å². The van der Waals surface area contributed by atoms with Gasteiger partial charge in [-0.15, -0.1) is 0 Å². The molecule has 0 aliphatic carbocycles. The van der Waals surface area contributed by atoms with Crippen LogP contribution in [-0.4, -0.2) is 29.6 Å². The summed E-state index contributed by atoms with van der Waals surface area (Å²) in [5.74, 6) is 0. The second kappa shape index (κ2) is 4.41. The van der Waals surface area contributed by atoms with Crippen molar-refractivity contribution >= 4 is 11.7 Å². The Bertz CT molecular complexity index is 491. The van der Waals surface area contributed by atoms with Gasteiger partial charge in [-0.1, -0.05) is 6.07 Å². The normalized spacial score (nSPS) is 17.8. The fraction of sp³-hybridized carbons (Fsp3) is 0.417. The maximum atomic E-state index is 12.5. The first-order valence-electron chi connectivity index (χ1n) is 5.69. The van der Waals surface area contributed by atoms with Crippen LogP contribution in [0.2, 0.25) is 0 Å². The van der Waals surface area contributed by atoms with Gasteiger partial charge in [0.15, 0.2) is 0 Å². The number of carbonyl (C=O) groups is 1. The van der Waals surface area contributed by atoms with Crippen LogP contribution in [0.15, 0.2) is 24.3 Å². The van der Waals surface area contributed by atoms with Crippen LogP contribution in [0, 0.1) is 0 Å². The summed E-state index contributed by atoms with van der Waals surface area (Å²) in [4.78, 5) is 13.2. The van der Waals surface area contributed by atoms with E-state index in [0.717, 1.165) is 12.1 Å². The highest BCUT2D eigenvalue weighted by atomic mass is 19.4. The molecule has 1 heterocycles. The Morgan fingerprint density at radius 2 is 2.05 bits per heavy atom. The highest BCUT2D eigenvalue weighted by Crippen LogP contribution is 2.30. The Balaban J connectivity index is 2.02. The van der Waals surface area contributed by atoms with Crippen LogP contribution in [-0.2, 0) is 6.18 Å². The molecule has 0 unspecified atom stereocenters. The molecule has 2 rings (SSSR count). The molecule has 3 N–H and O–H groups in total. The molecule has 104 valence electrons. The van der Waals surface area contributed by atoms with Crippen LogP contribution in [0.4, 0.5) is 23.7 Å². The molecular weight excluding hydrogens is 259 g/mol. The van der Waals surface area contributed by atoms with Crippen LogP contribution in [0.25, 0.3) is 0 Å². The van der Waals surface area contributed by atoms with Crippen molar-refractivity contribution in [3.05, 3.63) is 29.8 Å². The highest BCUT2D eigenvalue weighted by molar-refractivity contribution is 5.90. The van der Waals surface area contributed by atoms with Crippen molar-refractivity contribution in [2.75, 3.05) is 18.4 Å². The number of benzene rings is 1. The third kappa shape index (κ3) is 3.17. The van der Waals surface area contributed by atoms with Gasteiger partial charge in [-0.05, 0) is 25.1 Å². The number of likely N-dealkylation sites (tertiary alicyclic amines) is 1. The number of halogens is 3. The SMILES string of the molecule is CC1(N)CN(C(=O)Nc2cccc(C(F)(F)F)c2)C1. The Morgan fingerprint density at radius 1 is 1.42 bits per heavy atom. The minimum atomic E-state index is -4.42. The van der Waals surface area contributed by atoms with Crippen LogP contribution < -0.4 is 11.1 Å². The van der Waals surface area contributed by atoms with Gasteiger partial charge in [0.1, 0.15) is 0 Å². The fourth-order valence-corrected chi connectivity index (χ4v) is 1.95. The summed E-state index contributed by atoms with van der Waals surface area (Å²) in [7, 11) is 0. The molecule has 0 bridgehead atoms. The van der Waals surface area contributed by atoms with Gasteiger partial charge in [0.25, 0.3) is 0 Å². The summed E-state index contributed by atoms with van der Waals surface area (Å²) < 4.78 is 37.5. The molecule has 1 fully saturated rings. The third-order valence-corrected chi connectivity index (χ3v) is 2.83. The van der Waals surface area contributed by atoms with E-state index in [4.69, 9.17) is 5.73 Å². The van der Waals surface area contributed by atoms with Gasteiger partial charge < -0.3 is 16.0 Å². The Morgan fingerprint density at radius 3 is 2.58 bits per heavy atom. The predicted molar refractivity (Wildman–Crippen MR) is 64.6 cm³/mol. The van der Waals surface area contributed by atoms with E-state index in [2.05, 4.69) is 5.32 Å². The van der Waals surface area contributed by atoms with Crippen molar-refractivity contribution in [2.24, 2.45) is 5.73 Å². The van der Waals surface area contributed by atoms with Crippen LogP contribution in [0.1, 0.15) is 12.5 Å². The smallest absolute Gasteiger partial charge is 0.322 e. The summed E-state index contributed by atoms with van der Waals surface area (Å²) in [5.41, 5.74) is 4.66. The van der Waals surface area contributed by atoms with E-state index in [1.165, 1.54) is 17.0 Å². The fourth-order valence-electron chi connectivity index (χ4n) is 1.95. The first-order chi connectivity index (χ1) is 8.67. The molecule has 19 heavy (non-hydrogen) atoms. The molecule has 0 saturated carbocycles. The lowest BCUT2D eigenvalue weighted by molar-refractivity contribution is -0.137. The zero-order valence-corrected chi connectivity index (χ0v) is 10.3. The van der Waals surface area contributed by atoms with Crippen molar-refractivity contribution in [1.29, 1.82) is 0 Å². The lowest BCUT2D eigenvalue weighted by atomic mass is 9.94. The predicted octanol–water partition coefficient (Wildman–Crippen LogP) is 2.27. The van der Waals surface area contributed by atoms with Gasteiger partial charge in [0.05, 0.1) is 5.56 Å². The second-order valence-electron chi connectivity index (χ2n) is 5.02. The monoisotopic (exact) mass is 273 g/mol.